The van der Waals surface area contributed by atoms with Gasteiger partial charge < -0.3 is 0 Å². The lowest BCUT2D eigenvalue weighted by Crippen LogP contribution is -2.08. The molecule has 1 rings (SSSR count). The average molecular weight is 294 g/mol. The predicted molar refractivity (Wildman–Crippen MR) is 82.3 cm³/mol. The van der Waals surface area contributed by atoms with Crippen LogP contribution in [0.25, 0.3) is 5.57 Å². The Morgan fingerprint density at radius 2 is 1.80 bits per heavy atom. The minimum absolute atomic E-state index is 0.0289. The maximum Gasteiger partial charge on any atom is 0.178 e. The van der Waals surface area contributed by atoms with Crippen LogP contribution < -0.4 is 0 Å². The lowest BCUT2D eigenvalue weighted by Gasteiger charge is -2.14. The SMILES string of the molecule is CCS(=O)(=O)c1cccc(C(C)=C(C(C)=O)C(C)C)c1. The lowest BCUT2D eigenvalue weighted by atomic mass is 9.91. The van der Waals surface area contributed by atoms with Crippen LogP contribution in [0.15, 0.2) is 34.7 Å². The van der Waals surface area contributed by atoms with Crippen molar-refractivity contribution in [3.8, 4) is 0 Å². The van der Waals surface area contributed by atoms with Crippen LogP contribution in [0.3, 0.4) is 0 Å². The van der Waals surface area contributed by atoms with E-state index < -0.39 is 9.84 Å². The average Bonchev–Trinajstić information content (AvgIpc) is 2.38. The fourth-order valence-electron chi connectivity index (χ4n) is 2.35. The zero-order valence-corrected chi connectivity index (χ0v) is 13.5. The molecule has 0 N–H and O–H groups in total. The summed E-state index contributed by atoms with van der Waals surface area (Å²) in [6, 6.07) is 6.81. The number of rotatable bonds is 5. The second kappa shape index (κ2) is 6.35. The Hall–Kier alpha value is -1.42. The van der Waals surface area contributed by atoms with Gasteiger partial charge in [0.2, 0.25) is 0 Å². The molecule has 110 valence electrons. The fraction of sp³-hybridized carbons (Fsp3) is 0.438. The van der Waals surface area contributed by atoms with Crippen molar-refractivity contribution in [3.05, 3.63) is 35.4 Å². The van der Waals surface area contributed by atoms with E-state index >= 15 is 0 Å². The molecule has 0 aliphatic carbocycles. The van der Waals surface area contributed by atoms with Crippen LogP contribution in [0.4, 0.5) is 0 Å². The number of sulfone groups is 1. The maximum absolute atomic E-state index is 11.9. The van der Waals surface area contributed by atoms with Gasteiger partial charge in [-0.1, -0.05) is 32.9 Å². The molecular weight excluding hydrogens is 272 g/mol. The first-order chi connectivity index (χ1) is 9.20. The van der Waals surface area contributed by atoms with Gasteiger partial charge in [-0.2, -0.15) is 0 Å². The highest BCUT2D eigenvalue weighted by molar-refractivity contribution is 7.91. The van der Waals surface area contributed by atoms with Crippen molar-refractivity contribution in [2.45, 2.75) is 39.5 Å². The van der Waals surface area contributed by atoms with Crippen LogP contribution >= 0.6 is 0 Å². The Labute approximate surface area is 121 Å². The summed E-state index contributed by atoms with van der Waals surface area (Å²) in [5.41, 5.74) is 2.38. The van der Waals surface area contributed by atoms with Crippen molar-refractivity contribution in [2.24, 2.45) is 5.92 Å². The molecular formula is C16H22O3S. The van der Waals surface area contributed by atoms with Crippen molar-refractivity contribution in [1.82, 2.24) is 0 Å². The first kappa shape index (κ1) is 16.6. The summed E-state index contributed by atoms with van der Waals surface area (Å²) in [5, 5.41) is 0. The minimum atomic E-state index is -3.23. The lowest BCUT2D eigenvalue weighted by molar-refractivity contribution is -0.113. The molecule has 0 aliphatic rings. The topological polar surface area (TPSA) is 51.2 Å². The van der Waals surface area contributed by atoms with Crippen LogP contribution in [0.1, 0.15) is 40.2 Å². The maximum atomic E-state index is 11.9. The molecule has 4 heteroatoms. The number of hydrogen-bond acceptors (Lipinski definition) is 3. The van der Waals surface area contributed by atoms with E-state index in [1.165, 1.54) is 0 Å². The Kier molecular flexibility index (Phi) is 5.28. The largest absolute Gasteiger partial charge is 0.295 e. The highest BCUT2D eigenvalue weighted by Crippen LogP contribution is 2.26. The molecule has 0 saturated carbocycles. The Bertz CT molecular complexity index is 637. The van der Waals surface area contributed by atoms with Gasteiger partial charge in [-0.3, -0.25) is 4.79 Å². The van der Waals surface area contributed by atoms with Gasteiger partial charge in [0.1, 0.15) is 0 Å². The van der Waals surface area contributed by atoms with Gasteiger partial charge in [-0.15, -0.1) is 0 Å². The number of hydrogen-bond donors (Lipinski definition) is 0. The Balaban J connectivity index is 3.45. The summed E-state index contributed by atoms with van der Waals surface area (Å²) in [7, 11) is -3.23. The summed E-state index contributed by atoms with van der Waals surface area (Å²) in [5.74, 6) is 0.211. The molecule has 0 fully saturated rings. The highest BCUT2D eigenvalue weighted by atomic mass is 32.2. The highest BCUT2D eigenvalue weighted by Gasteiger charge is 2.16. The van der Waals surface area contributed by atoms with E-state index in [1.807, 2.05) is 26.8 Å². The molecule has 0 radical (unpaired) electrons. The second-order valence-corrected chi connectivity index (χ2v) is 7.46. The summed E-state index contributed by atoms with van der Waals surface area (Å²) in [6.07, 6.45) is 0. The van der Waals surface area contributed by atoms with Crippen molar-refractivity contribution in [3.63, 3.8) is 0 Å². The van der Waals surface area contributed by atoms with Crippen LogP contribution in [-0.4, -0.2) is 20.0 Å². The normalized spacial score (nSPS) is 13.3. The van der Waals surface area contributed by atoms with Gasteiger partial charge in [0.15, 0.2) is 15.6 Å². The van der Waals surface area contributed by atoms with Crippen molar-refractivity contribution in [1.29, 1.82) is 0 Å². The van der Waals surface area contributed by atoms with Gasteiger partial charge in [-0.25, -0.2) is 8.42 Å². The number of allylic oxidation sites excluding steroid dienone is 2. The zero-order valence-electron chi connectivity index (χ0n) is 12.7. The minimum Gasteiger partial charge on any atom is -0.295 e. The third kappa shape index (κ3) is 3.57. The number of ketones is 1. The quantitative estimate of drug-likeness (QED) is 0.781. The van der Waals surface area contributed by atoms with Crippen LogP contribution in [0.2, 0.25) is 0 Å². The molecule has 0 atom stereocenters. The standard InChI is InChI=1S/C16H22O3S/c1-6-20(18,19)15-9-7-8-14(10-15)12(4)16(11(2)3)13(5)17/h7-11H,6H2,1-5H3. The molecule has 0 unspecified atom stereocenters. The van der Waals surface area contributed by atoms with Gasteiger partial charge in [-0.05, 0) is 43.0 Å². The molecule has 0 aromatic heterocycles. The number of carbonyl (C=O) groups excluding carboxylic acids is 1. The van der Waals surface area contributed by atoms with E-state index in [2.05, 4.69) is 0 Å². The molecule has 1 aromatic rings. The first-order valence-electron chi connectivity index (χ1n) is 6.75. The molecule has 0 bridgehead atoms. The third-order valence-corrected chi connectivity index (χ3v) is 5.10. The Morgan fingerprint density at radius 3 is 2.25 bits per heavy atom. The van der Waals surface area contributed by atoms with Gasteiger partial charge in [0.25, 0.3) is 0 Å². The summed E-state index contributed by atoms with van der Waals surface area (Å²) in [4.78, 5) is 12.1. The predicted octanol–water partition coefficient (Wildman–Crippen LogP) is 3.50. The van der Waals surface area contributed by atoms with Crippen LogP contribution in [0, 0.1) is 5.92 Å². The molecule has 0 saturated heterocycles. The molecule has 0 heterocycles. The van der Waals surface area contributed by atoms with Crippen molar-refractivity contribution >= 4 is 21.2 Å². The Morgan fingerprint density at radius 1 is 1.20 bits per heavy atom. The van der Waals surface area contributed by atoms with Gasteiger partial charge >= 0.3 is 0 Å². The van der Waals surface area contributed by atoms with E-state index in [0.717, 1.165) is 16.7 Å². The molecule has 0 aliphatic heterocycles. The number of carbonyl (C=O) groups is 1. The van der Waals surface area contributed by atoms with E-state index in [1.54, 1.807) is 32.0 Å². The van der Waals surface area contributed by atoms with Crippen molar-refractivity contribution in [2.75, 3.05) is 5.75 Å². The first-order valence-corrected chi connectivity index (χ1v) is 8.40. The molecule has 3 nitrogen and oxygen atoms in total. The van der Waals surface area contributed by atoms with E-state index in [0.29, 0.717) is 4.90 Å². The van der Waals surface area contributed by atoms with Crippen LogP contribution in [-0.2, 0) is 14.6 Å². The number of Topliss-reactive ketones (excluding diaryl/α,β-unsaturated/α-hetero) is 1. The second-order valence-electron chi connectivity index (χ2n) is 5.18. The number of benzene rings is 1. The van der Waals surface area contributed by atoms with E-state index in [4.69, 9.17) is 0 Å². The molecule has 0 amide bonds. The molecule has 20 heavy (non-hydrogen) atoms. The van der Waals surface area contributed by atoms with E-state index in [9.17, 15) is 13.2 Å². The molecule has 1 aromatic carbocycles. The van der Waals surface area contributed by atoms with Crippen molar-refractivity contribution < 1.29 is 13.2 Å². The summed E-state index contributed by atoms with van der Waals surface area (Å²) in [6.45, 7) is 8.97. The smallest absolute Gasteiger partial charge is 0.178 e. The monoisotopic (exact) mass is 294 g/mol. The van der Waals surface area contributed by atoms with Crippen LogP contribution in [0.5, 0.6) is 0 Å². The summed E-state index contributed by atoms with van der Waals surface area (Å²) >= 11 is 0. The van der Waals surface area contributed by atoms with Gasteiger partial charge in [0, 0.05) is 5.57 Å². The van der Waals surface area contributed by atoms with E-state index in [-0.39, 0.29) is 17.5 Å². The zero-order chi connectivity index (χ0) is 15.5. The third-order valence-electron chi connectivity index (χ3n) is 3.37. The molecule has 0 spiro atoms. The fourth-order valence-corrected chi connectivity index (χ4v) is 3.27. The van der Waals surface area contributed by atoms with Gasteiger partial charge in [0.05, 0.1) is 10.6 Å². The summed E-state index contributed by atoms with van der Waals surface area (Å²) < 4.78 is 23.9.